The van der Waals surface area contributed by atoms with Gasteiger partial charge in [0.05, 0.1) is 19.1 Å². The Bertz CT molecular complexity index is 514. The summed E-state index contributed by atoms with van der Waals surface area (Å²) in [5.74, 6) is 1.74. The Hall–Kier alpha value is -1.06. The Labute approximate surface area is 225 Å². The Balaban J connectivity index is 3.42. The topological polar surface area (TPSA) is 52.6 Å². The highest BCUT2D eigenvalue weighted by Gasteiger charge is 2.21. The van der Waals surface area contributed by atoms with Crippen LogP contribution >= 0.6 is 0 Å². The molecule has 4 heteroatoms. The van der Waals surface area contributed by atoms with Gasteiger partial charge in [0.25, 0.3) is 0 Å². The van der Waals surface area contributed by atoms with Gasteiger partial charge in [-0.25, -0.2) is 0 Å². The molecule has 0 rings (SSSR count). The van der Waals surface area contributed by atoms with E-state index in [0.29, 0.717) is 37.4 Å². The highest BCUT2D eigenvalue weighted by atomic mass is 16.5. The summed E-state index contributed by atoms with van der Waals surface area (Å²) < 4.78 is 10.8. The molecule has 0 aliphatic carbocycles. The summed E-state index contributed by atoms with van der Waals surface area (Å²) in [5.41, 5.74) is 0. The van der Waals surface area contributed by atoms with E-state index in [2.05, 4.69) is 34.6 Å². The predicted molar refractivity (Wildman–Crippen MR) is 153 cm³/mol. The van der Waals surface area contributed by atoms with Gasteiger partial charge >= 0.3 is 11.9 Å². The van der Waals surface area contributed by atoms with E-state index >= 15 is 0 Å². The minimum absolute atomic E-state index is 0.0115. The predicted octanol–water partition coefficient (Wildman–Crippen LogP) is 9.68. The van der Waals surface area contributed by atoms with E-state index in [0.717, 1.165) is 44.9 Å². The van der Waals surface area contributed by atoms with Crippen LogP contribution in [0.1, 0.15) is 157 Å². The molecule has 0 bridgehead atoms. The minimum Gasteiger partial charge on any atom is -0.466 e. The van der Waals surface area contributed by atoms with Crippen molar-refractivity contribution in [1.29, 1.82) is 0 Å². The first-order valence-electron chi connectivity index (χ1n) is 15.6. The fourth-order valence-corrected chi connectivity index (χ4v) is 4.53. The molecule has 0 saturated carbocycles. The maximum atomic E-state index is 12.2. The first-order valence-corrected chi connectivity index (χ1v) is 15.6. The van der Waals surface area contributed by atoms with Crippen molar-refractivity contribution in [2.24, 2.45) is 23.7 Å². The van der Waals surface area contributed by atoms with Crippen molar-refractivity contribution >= 4 is 11.9 Å². The molecule has 214 valence electrons. The third-order valence-electron chi connectivity index (χ3n) is 7.37. The number of hydrogen-bond donors (Lipinski definition) is 0. The van der Waals surface area contributed by atoms with Crippen LogP contribution in [-0.2, 0) is 19.1 Å². The summed E-state index contributed by atoms with van der Waals surface area (Å²) in [5, 5.41) is 0. The Morgan fingerprint density at radius 3 is 1.39 bits per heavy atom. The van der Waals surface area contributed by atoms with Crippen LogP contribution in [0.4, 0.5) is 0 Å². The van der Waals surface area contributed by atoms with Crippen LogP contribution in [-0.4, -0.2) is 25.2 Å². The second-order valence-corrected chi connectivity index (χ2v) is 12.0. The van der Waals surface area contributed by atoms with Crippen molar-refractivity contribution in [2.45, 2.75) is 157 Å². The van der Waals surface area contributed by atoms with Crippen LogP contribution in [0.15, 0.2) is 0 Å². The van der Waals surface area contributed by atoms with Crippen LogP contribution in [0.5, 0.6) is 0 Å². The fraction of sp³-hybridized carbons (Fsp3) is 0.938. The van der Waals surface area contributed by atoms with Gasteiger partial charge in [0.15, 0.2) is 0 Å². The van der Waals surface area contributed by atoms with Crippen molar-refractivity contribution in [3.05, 3.63) is 0 Å². The van der Waals surface area contributed by atoms with Gasteiger partial charge in [0, 0.05) is 6.42 Å². The maximum Gasteiger partial charge on any atom is 0.308 e. The fourth-order valence-electron chi connectivity index (χ4n) is 4.53. The number of rotatable bonds is 25. The number of carbonyl (C=O) groups is 2. The van der Waals surface area contributed by atoms with E-state index in [9.17, 15) is 9.59 Å². The van der Waals surface area contributed by atoms with Crippen LogP contribution in [0.3, 0.4) is 0 Å². The van der Waals surface area contributed by atoms with Gasteiger partial charge in [-0.3, -0.25) is 9.59 Å². The third kappa shape index (κ3) is 23.3. The third-order valence-corrected chi connectivity index (χ3v) is 7.37. The molecule has 0 amide bonds. The largest absolute Gasteiger partial charge is 0.466 e. The summed E-state index contributed by atoms with van der Waals surface area (Å²) in [6, 6.07) is 0. The normalized spacial score (nSPS) is 13.2. The number of hydrogen-bond acceptors (Lipinski definition) is 4. The van der Waals surface area contributed by atoms with Crippen molar-refractivity contribution in [3.8, 4) is 0 Å². The molecular weight excluding hydrogens is 448 g/mol. The molecule has 0 radical (unpaired) electrons. The van der Waals surface area contributed by atoms with Crippen LogP contribution in [0.2, 0.25) is 0 Å². The lowest BCUT2D eigenvalue weighted by atomic mass is 9.90. The quantitative estimate of drug-likeness (QED) is 0.0906. The minimum atomic E-state index is -0.0160. The van der Waals surface area contributed by atoms with Gasteiger partial charge in [0.2, 0.25) is 0 Å². The highest BCUT2D eigenvalue weighted by molar-refractivity contribution is 5.72. The lowest BCUT2D eigenvalue weighted by molar-refractivity contribution is -0.150. The molecule has 0 fully saturated rings. The van der Waals surface area contributed by atoms with Crippen LogP contribution < -0.4 is 0 Å². The van der Waals surface area contributed by atoms with Gasteiger partial charge in [0.1, 0.15) is 0 Å². The lowest BCUT2D eigenvalue weighted by Gasteiger charge is -2.18. The van der Waals surface area contributed by atoms with E-state index in [1.165, 1.54) is 64.2 Å². The average Bonchev–Trinajstić information content (AvgIpc) is 2.83. The van der Waals surface area contributed by atoms with E-state index < -0.39 is 0 Å². The standard InChI is InChI=1S/C32H62O4/c1-27(2)21-19-25-35-31(33)24-18-16-14-12-10-8-7-9-11-13-15-17-23-29(5)30(6)32(34)36-26-20-22-28(3)4/h27-30H,7-26H2,1-6H3. The number of esters is 2. The van der Waals surface area contributed by atoms with Crippen molar-refractivity contribution in [3.63, 3.8) is 0 Å². The Morgan fingerprint density at radius 1 is 0.500 bits per heavy atom. The molecule has 4 nitrogen and oxygen atoms in total. The summed E-state index contributed by atoms with van der Waals surface area (Å²) in [6.45, 7) is 14.2. The van der Waals surface area contributed by atoms with Gasteiger partial charge < -0.3 is 9.47 Å². The SMILES string of the molecule is CC(C)CCCOC(=O)CCCCCCCCCCCCCCC(C)C(C)C(=O)OCCCC(C)C. The summed E-state index contributed by atoms with van der Waals surface area (Å²) in [7, 11) is 0. The van der Waals surface area contributed by atoms with Crippen LogP contribution in [0.25, 0.3) is 0 Å². The van der Waals surface area contributed by atoms with Gasteiger partial charge in [-0.1, -0.05) is 112 Å². The van der Waals surface area contributed by atoms with E-state index in [4.69, 9.17) is 9.47 Å². The number of carbonyl (C=O) groups excluding carboxylic acids is 2. The molecule has 0 aliphatic rings. The maximum absolute atomic E-state index is 12.2. The molecule has 0 spiro atoms. The molecule has 36 heavy (non-hydrogen) atoms. The monoisotopic (exact) mass is 510 g/mol. The first kappa shape index (κ1) is 34.9. The number of ether oxygens (including phenoxy) is 2. The molecule has 2 unspecified atom stereocenters. The molecule has 0 aromatic carbocycles. The van der Waals surface area contributed by atoms with Crippen molar-refractivity contribution in [1.82, 2.24) is 0 Å². The zero-order chi connectivity index (χ0) is 27.0. The summed E-state index contributed by atoms with van der Waals surface area (Å²) in [4.78, 5) is 23.9. The Kier molecular flexibility index (Phi) is 23.6. The molecule has 0 N–H and O–H groups in total. The second-order valence-electron chi connectivity index (χ2n) is 12.0. The molecule has 0 saturated heterocycles. The molecule has 0 aromatic heterocycles. The van der Waals surface area contributed by atoms with Gasteiger partial charge in [-0.2, -0.15) is 0 Å². The first-order chi connectivity index (χ1) is 17.2. The van der Waals surface area contributed by atoms with Crippen molar-refractivity contribution in [2.75, 3.05) is 13.2 Å². The summed E-state index contributed by atoms with van der Waals surface area (Å²) in [6.07, 6.45) is 21.1. The molecule has 0 aromatic rings. The van der Waals surface area contributed by atoms with Crippen LogP contribution in [0, 0.1) is 23.7 Å². The second kappa shape index (κ2) is 24.3. The lowest BCUT2D eigenvalue weighted by Crippen LogP contribution is -2.22. The van der Waals surface area contributed by atoms with Gasteiger partial charge in [-0.05, 0) is 56.3 Å². The van der Waals surface area contributed by atoms with Gasteiger partial charge in [-0.15, -0.1) is 0 Å². The molecular formula is C32H62O4. The Morgan fingerprint density at radius 2 is 0.917 bits per heavy atom. The van der Waals surface area contributed by atoms with E-state index in [1.54, 1.807) is 0 Å². The van der Waals surface area contributed by atoms with E-state index in [1.807, 2.05) is 6.92 Å². The molecule has 0 aliphatic heterocycles. The van der Waals surface area contributed by atoms with Crippen molar-refractivity contribution < 1.29 is 19.1 Å². The molecule has 2 atom stereocenters. The smallest absolute Gasteiger partial charge is 0.308 e. The molecule has 0 heterocycles. The summed E-state index contributed by atoms with van der Waals surface area (Å²) >= 11 is 0. The highest BCUT2D eigenvalue weighted by Crippen LogP contribution is 2.21. The zero-order valence-electron chi connectivity index (χ0n) is 25.1. The number of unbranched alkanes of at least 4 members (excludes halogenated alkanes) is 11. The average molecular weight is 511 g/mol. The zero-order valence-corrected chi connectivity index (χ0v) is 25.1. The van der Waals surface area contributed by atoms with E-state index in [-0.39, 0.29) is 17.9 Å².